The van der Waals surface area contributed by atoms with Gasteiger partial charge in [0, 0.05) is 13.7 Å². The standard InChI is InChI=1S/C21H18F6N6O.C6H12/c1-32-30-19(29-31-32)33(11-14-6-13(10-28)7-17(8-14)21(25,26)27)18(12-34-2)15-4-3-5-16(9-15)20(22,23)24;1-2-4-6-5-3-1/h3-9,18H,11-12H2,1-2H3;1-6H2. The molecule has 1 aliphatic carbocycles. The fraction of sp³-hybridized carbons (Fsp3) is 0.481. The molecular formula is C27H30F6N6O. The van der Waals surface area contributed by atoms with E-state index in [1.54, 1.807) is 6.07 Å². The maximum Gasteiger partial charge on any atom is 0.416 e. The molecule has 0 spiro atoms. The van der Waals surface area contributed by atoms with E-state index in [0.29, 0.717) is 6.07 Å². The molecule has 1 unspecified atom stereocenters. The predicted molar refractivity (Wildman–Crippen MR) is 135 cm³/mol. The Morgan fingerprint density at radius 2 is 1.57 bits per heavy atom. The number of methoxy groups -OCH3 is 1. The summed E-state index contributed by atoms with van der Waals surface area (Å²) in [5, 5.41) is 20.9. The molecule has 0 amide bonds. The maximum atomic E-state index is 13.4. The van der Waals surface area contributed by atoms with E-state index in [2.05, 4.69) is 15.4 Å². The Morgan fingerprint density at radius 1 is 0.950 bits per heavy atom. The predicted octanol–water partition coefficient (Wildman–Crippen LogP) is 6.85. The average Bonchev–Trinajstić information content (AvgIpc) is 3.36. The van der Waals surface area contributed by atoms with Crippen LogP contribution in [0.5, 0.6) is 0 Å². The fourth-order valence-corrected chi connectivity index (χ4v) is 4.42. The van der Waals surface area contributed by atoms with Gasteiger partial charge in [-0.15, -0.1) is 5.10 Å². The van der Waals surface area contributed by atoms with E-state index >= 15 is 0 Å². The van der Waals surface area contributed by atoms with Gasteiger partial charge in [0.1, 0.15) is 0 Å². The second-order valence-corrected chi connectivity index (χ2v) is 9.45. The first-order valence-corrected chi connectivity index (χ1v) is 12.7. The largest absolute Gasteiger partial charge is 0.416 e. The normalized spacial score (nSPS) is 14.6. The van der Waals surface area contributed by atoms with E-state index < -0.39 is 29.5 Å². The summed E-state index contributed by atoms with van der Waals surface area (Å²) in [4.78, 5) is 2.48. The lowest BCUT2D eigenvalue weighted by molar-refractivity contribution is -0.138. The first kappa shape index (κ1) is 30.9. The van der Waals surface area contributed by atoms with Gasteiger partial charge in [-0.05, 0) is 46.7 Å². The zero-order valence-electron chi connectivity index (χ0n) is 22.1. The van der Waals surface area contributed by atoms with Crippen molar-refractivity contribution in [2.45, 2.75) is 63.5 Å². The van der Waals surface area contributed by atoms with Crippen LogP contribution in [0.4, 0.5) is 32.3 Å². The quantitative estimate of drug-likeness (QED) is 0.290. The molecule has 0 N–H and O–H groups in total. The Bertz CT molecular complexity index is 1270. The lowest BCUT2D eigenvalue weighted by atomic mass is 10.0. The Kier molecular flexibility index (Phi) is 10.5. The van der Waals surface area contributed by atoms with E-state index in [4.69, 9.17) is 4.74 Å². The van der Waals surface area contributed by atoms with Gasteiger partial charge in [-0.25, -0.2) is 0 Å². The number of alkyl halides is 6. The number of hydrogen-bond acceptors (Lipinski definition) is 6. The summed E-state index contributed by atoms with van der Waals surface area (Å²) in [6, 6.07) is 8.11. The summed E-state index contributed by atoms with van der Waals surface area (Å²) in [5.41, 5.74) is -1.90. The molecular weight excluding hydrogens is 538 g/mol. The van der Waals surface area contributed by atoms with Crippen molar-refractivity contribution in [3.05, 3.63) is 70.3 Å². The van der Waals surface area contributed by atoms with Gasteiger partial charge < -0.3 is 9.64 Å². The third-order valence-electron chi connectivity index (χ3n) is 6.36. The van der Waals surface area contributed by atoms with Gasteiger partial charge in [0.15, 0.2) is 0 Å². The van der Waals surface area contributed by atoms with Gasteiger partial charge in [-0.2, -0.15) is 36.4 Å². The van der Waals surface area contributed by atoms with Crippen LogP contribution >= 0.6 is 0 Å². The maximum absolute atomic E-state index is 13.4. The van der Waals surface area contributed by atoms with E-state index in [0.717, 1.165) is 23.0 Å². The molecule has 1 aliphatic rings. The molecule has 13 heteroatoms. The number of tetrazole rings is 1. The number of anilines is 1. The molecule has 2 aromatic carbocycles. The molecule has 1 saturated carbocycles. The summed E-state index contributed by atoms with van der Waals surface area (Å²) in [7, 11) is 2.79. The smallest absolute Gasteiger partial charge is 0.382 e. The van der Waals surface area contributed by atoms with Gasteiger partial charge >= 0.3 is 12.4 Å². The highest BCUT2D eigenvalue weighted by Crippen LogP contribution is 2.35. The SMILES string of the molecule is C1CCCCC1.COCC(c1cccc(C(F)(F)F)c1)N(Cc1cc(C#N)cc(C(F)(F)F)c1)c1nnn(C)n1. The summed E-state index contributed by atoms with van der Waals surface area (Å²) >= 11 is 0. The zero-order chi connectivity index (χ0) is 29.3. The van der Waals surface area contributed by atoms with Crippen LogP contribution in [0.25, 0.3) is 0 Å². The molecule has 40 heavy (non-hydrogen) atoms. The van der Waals surface area contributed by atoms with Gasteiger partial charge in [0.25, 0.3) is 5.95 Å². The molecule has 0 radical (unpaired) electrons. The molecule has 0 aliphatic heterocycles. The van der Waals surface area contributed by atoms with Crippen molar-refractivity contribution in [1.82, 2.24) is 20.2 Å². The highest BCUT2D eigenvalue weighted by Gasteiger charge is 2.34. The third-order valence-corrected chi connectivity index (χ3v) is 6.36. The molecule has 0 saturated heterocycles. The van der Waals surface area contributed by atoms with E-state index in [1.807, 2.05) is 0 Å². The number of aryl methyl sites for hydroxylation is 1. The minimum absolute atomic E-state index is 0.0436. The highest BCUT2D eigenvalue weighted by molar-refractivity contribution is 5.43. The molecule has 0 bridgehead atoms. The summed E-state index contributed by atoms with van der Waals surface area (Å²) in [6.45, 7) is -0.405. The zero-order valence-corrected chi connectivity index (χ0v) is 22.1. The first-order chi connectivity index (χ1) is 18.9. The number of halogens is 6. The number of rotatable bonds is 7. The van der Waals surface area contributed by atoms with Gasteiger partial charge in [0.05, 0.1) is 42.5 Å². The van der Waals surface area contributed by atoms with Crippen LogP contribution in [0.15, 0.2) is 42.5 Å². The van der Waals surface area contributed by atoms with Crippen molar-refractivity contribution in [2.24, 2.45) is 7.05 Å². The lowest BCUT2D eigenvalue weighted by Crippen LogP contribution is -2.32. The average molecular weight is 569 g/mol. The van der Waals surface area contributed by atoms with Gasteiger partial charge in [-0.1, -0.05) is 55.8 Å². The van der Waals surface area contributed by atoms with Gasteiger partial charge in [-0.3, -0.25) is 0 Å². The van der Waals surface area contributed by atoms with Crippen LogP contribution in [0.3, 0.4) is 0 Å². The Morgan fingerprint density at radius 3 is 2.08 bits per heavy atom. The van der Waals surface area contributed by atoms with Crippen molar-refractivity contribution in [1.29, 1.82) is 5.26 Å². The summed E-state index contributed by atoms with van der Waals surface area (Å²) < 4.78 is 85.2. The van der Waals surface area contributed by atoms with Crippen LogP contribution in [0, 0.1) is 11.3 Å². The summed E-state index contributed by atoms with van der Waals surface area (Å²) in [6.07, 6.45) is -0.309. The number of nitrogens with zero attached hydrogens (tertiary/aromatic N) is 6. The van der Waals surface area contributed by atoms with Crippen molar-refractivity contribution >= 4 is 5.95 Å². The molecule has 1 aromatic heterocycles. The number of benzene rings is 2. The molecule has 1 atom stereocenters. The van der Waals surface area contributed by atoms with E-state index in [-0.39, 0.29) is 35.8 Å². The Labute approximate surface area is 228 Å². The van der Waals surface area contributed by atoms with E-state index in [9.17, 15) is 31.6 Å². The molecule has 4 rings (SSSR count). The van der Waals surface area contributed by atoms with Crippen LogP contribution in [0.1, 0.15) is 72.4 Å². The molecule has 1 fully saturated rings. The second-order valence-electron chi connectivity index (χ2n) is 9.45. The van der Waals surface area contributed by atoms with Crippen LogP contribution in [0.2, 0.25) is 0 Å². The Balaban J connectivity index is 0.000000649. The van der Waals surface area contributed by atoms with Gasteiger partial charge in [0.2, 0.25) is 0 Å². The monoisotopic (exact) mass is 568 g/mol. The number of aromatic nitrogens is 4. The van der Waals surface area contributed by atoms with Crippen LogP contribution in [-0.2, 0) is 30.7 Å². The number of hydrogen-bond donors (Lipinski definition) is 0. The fourth-order valence-electron chi connectivity index (χ4n) is 4.42. The molecule has 216 valence electrons. The number of ether oxygens (including phenoxy) is 1. The van der Waals surface area contributed by atoms with Crippen molar-refractivity contribution in [3.63, 3.8) is 0 Å². The molecule has 1 heterocycles. The van der Waals surface area contributed by atoms with Crippen molar-refractivity contribution in [3.8, 4) is 6.07 Å². The topological polar surface area (TPSA) is 79.9 Å². The lowest BCUT2D eigenvalue weighted by Gasteiger charge is -2.31. The minimum Gasteiger partial charge on any atom is -0.382 e. The van der Waals surface area contributed by atoms with E-state index in [1.165, 1.54) is 75.8 Å². The number of nitriles is 1. The third kappa shape index (κ3) is 8.67. The van der Waals surface area contributed by atoms with Crippen molar-refractivity contribution < 1.29 is 31.1 Å². The highest BCUT2D eigenvalue weighted by atomic mass is 19.4. The Hall–Kier alpha value is -3.66. The minimum atomic E-state index is -4.70. The molecule has 3 aromatic rings. The summed E-state index contributed by atoms with van der Waals surface area (Å²) in [5.74, 6) is -0.0436. The second kappa shape index (κ2) is 13.6. The van der Waals surface area contributed by atoms with Crippen LogP contribution < -0.4 is 4.90 Å². The first-order valence-electron chi connectivity index (χ1n) is 12.7. The van der Waals surface area contributed by atoms with Crippen molar-refractivity contribution in [2.75, 3.05) is 18.6 Å². The van der Waals surface area contributed by atoms with Crippen LogP contribution in [-0.4, -0.2) is 33.9 Å². The molecule has 7 nitrogen and oxygen atoms in total.